The van der Waals surface area contributed by atoms with Crippen molar-refractivity contribution in [3.8, 4) is 0 Å². The van der Waals surface area contributed by atoms with Crippen LogP contribution in [0, 0.1) is 0 Å². The molecule has 1 amide bonds. The SMILES string of the molecule is O=C(NCc1ccc(N2CCOCC2)cc1)c1cc(S(=O)(=O)N2CCCCCC2)ccc1Cl. The number of hydrogen-bond acceptors (Lipinski definition) is 5. The van der Waals surface area contributed by atoms with Crippen LogP contribution in [-0.4, -0.2) is 58.0 Å². The van der Waals surface area contributed by atoms with E-state index >= 15 is 0 Å². The van der Waals surface area contributed by atoms with Crippen molar-refractivity contribution in [3.05, 3.63) is 58.6 Å². The van der Waals surface area contributed by atoms with E-state index in [-0.39, 0.29) is 15.5 Å². The summed E-state index contributed by atoms with van der Waals surface area (Å²) in [6.07, 6.45) is 3.77. The molecule has 0 radical (unpaired) electrons. The average molecular weight is 492 g/mol. The summed E-state index contributed by atoms with van der Waals surface area (Å²) in [5.41, 5.74) is 2.24. The topological polar surface area (TPSA) is 79.0 Å². The Bertz CT molecular complexity index is 1060. The van der Waals surface area contributed by atoms with Crippen LogP contribution in [0.1, 0.15) is 41.6 Å². The number of benzene rings is 2. The minimum atomic E-state index is -3.66. The summed E-state index contributed by atoms with van der Waals surface area (Å²) in [5, 5.41) is 3.08. The molecule has 2 aliphatic heterocycles. The molecule has 2 saturated heterocycles. The van der Waals surface area contributed by atoms with Gasteiger partial charge in [-0.2, -0.15) is 4.31 Å². The molecule has 2 fully saturated rings. The van der Waals surface area contributed by atoms with Gasteiger partial charge >= 0.3 is 0 Å². The molecule has 0 unspecified atom stereocenters. The zero-order valence-electron chi connectivity index (χ0n) is 18.6. The highest BCUT2D eigenvalue weighted by atomic mass is 35.5. The summed E-state index contributed by atoms with van der Waals surface area (Å²) in [4.78, 5) is 15.2. The predicted molar refractivity (Wildman–Crippen MR) is 129 cm³/mol. The molecule has 0 aromatic heterocycles. The molecule has 4 rings (SSSR count). The Morgan fingerprint density at radius 2 is 1.61 bits per heavy atom. The van der Waals surface area contributed by atoms with Crippen LogP contribution in [-0.2, 0) is 21.3 Å². The summed E-state index contributed by atoms with van der Waals surface area (Å²) in [5.74, 6) is -0.398. The second-order valence-electron chi connectivity index (χ2n) is 8.41. The van der Waals surface area contributed by atoms with Gasteiger partial charge in [0.05, 0.1) is 28.7 Å². The van der Waals surface area contributed by atoms with E-state index in [4.69, 9.17) is 16.3 Å². The van der Waals surface area contributed by atoms with Gasteiger partial charge in [-0.1, -0.05) is 36.6 Å². The lowest BCUT2D eigenvalue weighted by atomic mass is 10.1. The Hall–Kier alpha value is -2.13. The van der Waals surface area contributed by atoms with Gasteiger partial charge in [0.15, 0.2) is 0 Å². The lowest BCUT2D eigenvalue weighted by Gasteiger charge is -2.28. The lowest BCUT2D eigenvalue weighted by Crippen LogP contribution is -2.36. The number of amides is 1. The Morgan fingerprint density at radius 1 is 0.939 bits per heavy atom. The molecule has 1 N–H and O–H groups in total. The number of morpholine rings is 1. The van der Waals surface area contributed by atoms with Crippen molar-refractivity contribution >= 4 is 33.2 Å². The first-order valence-electron chi connectivity index (χ1n) is 11.4. The van der Waals surface area contributed by atoms with Crippen LogP contribution in [0.15, 0.2) is 47.4 Å². The van der Waals surface area contributed by atoms with Crippen molar-refractivity contribution in [1.29, 1.82) is 0 Å². The standard InChI is InChI=1S/C24H30ClN3O4S/c25-23-10-9-21(33(30,31)28-11-3-1-2-4-12-28)17-22(23)24(29)26-18-19-5-7-20(8-6-19)27-13-15-32-16-14-27/h5-10,17H,1-4,11-16,18H2,(H,26,29). The maximum Gasteiger partial charge on any atom is 0.253 e. The zero-order chi connectivity index (χ0) is 23.3. The van der Waals surface area contributed by atoms with E-state index in [2.05, 4.69) is 10.2 Å². The average Bonchev–Trinajstić information content (AvgIpc) is 3.14. The summed E-state index contributed by atoms with van der Waals surface area (Å²) < 4.78 is 33.1. The molecule has 0 saturated carbocycles. The second kappa shape index (κ2) is 10.9. The van der Waals surface area contributed by atoms with E-state index in [0.29, 0.717) is 19.6 Å². The molecule has 0 aliphatic carbocycles. The highest BCUT2D eigenvalue weighted by Crippen LogP contribution is 2.25. The highest BCUT2D eigenvalue weighted by Gasteiger charge is 2.26. The smallest absolute Gasteiger partial charge is 0.253 e. The summed E-state index contributed by atoms with van der Waals surface area (Å²) in [7, 11) is -3.66. The van der Waals surface area contributed by atoms with E-state index in [1.165, 1.54) is 22.5 Å². The van der Waals surface area contributed by atoms with Crippen LogP contribution in [0.2, 0.25) is 5.02 Å². The monoisotopic (exact) mass is 491 g/mol. The minimum Gasteiger partial charge on any atom is -0.378 e. The van der Waals surface area contributed by atoms with Gasteiger partial charge in [-0.15, -0.1) is 0 Å². The van der Waals surface area contributed by atoms with Gasteiger partial charge in [0.1, 0.15) is 0 Å². The van der Waals surface area contributed by atoms with Crippen LogP contribution < -0.4 is 10.2 Å². The van der Waals surface area contributed by atoms with Gasteiger partial charge in [0, 0.05) is 38.4 Å². The number of ether oxygens (including phenoxy) is 1. The summed E-state index contributed by atoms with van der Waals surface area (Å²) in [6.45, 7) is 4.52. The highest BCUT2D eigenvalue weighted by molar-refractivity contribution is 7.89. The number of nitrogens with one attached hydrogen (secondary N) is 1. The molecule has 2 aromatic rings. The molecular weight excluding hydrogens is 462 g/mol. The Morgan fingerprint density at radius 3 is 2.27 bits per heavy atom. The van der Waals surface area contributed by atoms with E-state index in [1.807, 2.05) is 24.3 Å². The molecule has 0 atom stereocenters. The third-order valence-electron chi connectivity index (χ3n) is 6.15. The number of carbonyl (C=O) groups excluding carboxylic acids is 1. The second-order valence-corrected chi connectivity index (χ2v) is 10.8. The van der Waals surface area contributed by atoms with Gasteiger partial charge in [-0.3, -0.25) is 4.79 Å². The quantitative estimate of drug-likeness (QED) is 0.667. The van der Waals surface area contributed by atoms with Crippen molar-refractivity contribution in [2.75, 3.05) is 44.3 Å². The molecular formula is C24H30ClN3O4S. The third kappa shape index (κ3) is 5.87. The minimum absolute atomic E-state index is 0.105. The predicted octanol–water partition coefficient (Wildman–Crippen LogP) is 3.67. The van der Waals surface area contributed by atoms with E-state index in [9.17, 15) is 13.2 Å². The van der Waals surface area contributed by atoms with Crippen molar-refractivity contribution in [3.63, 3.8) is 0 Å². The summed E-state index contributed by atoms with van der Waals surface area (Å²) in [6, 6.07) is 12.4. The fourth-order valence-corrected chi connectivity index (χ4v) is 5.94. The Balaban J connectivity index is 1.42. The number of rotatable bonds is 6. The van der Waals surface area contributed by atoms with Crippen LogP contribution >= 0.6 is 11.6 Å². The number of nitrogens with zero attached hydrogens (tertiary/aromatic N) is 2. The maximum absolute atomic E-state index is 13.1. The van der Waals surface area contributed by atoms with Gasteiger partial charge in [0.2, 0.25) is 10.0 Å². The molecule has 33 heavy (non-hydrogen) atoms. The molecule has 2 aliphatic rings. The van der Waals surface area contributed by atoms with Gasteiger partial charge in [-0.05, 0) is 48.7 Å². The Kier molecular flexibility index (Phi) is 7.90. The molecule has 0 spiro atoms. The summed E-state index contributed by atoms with van der Waals surface area (Å²) >= 11 is 6.26. The van der Waals surface area contributed by atoms with Gasteiger partial charge in [0.25, 0.3) is 5.91 Å². The number of hydrogen-bond donors (Lipinski definition) is 1. The first-order chi connectivity index (χ1) is 15.9. The number of anilines is 1. The number of carbonyl (C=O) groups is 1. The van der Waals surface area contributed by atoms with E-state index in [0.717, 1.165) is 63.2 Å². The molecule has 2 heterocycles. The van der Waals surface area contributed by atoms with E-state index in [1.54, 1.807) is 0 Å². The fraction of sp³-hybridized carbons (Fsp3) is 0.458. The van der Waals surface area contributed by atoms with Crippen molar-refractivity contribution < 1.29 is 17.9 Å². The van der Waals surface area contributed by atoms with E-state index < -0.39 is 15.9 Å². The largest absolute Gasteiger partial charge is 0.378 e. The first kappa shape index (κ1) is 24.0. The lowest BCUT2D eigenvalue weighted by molar-refractivity contribution is 0.0951. The number of halogens is 1. The maximum atomic E-state index is 13.1. The third-order valence-corrected chi connectivity index (χ3v) is 8.38. The zero-order valence-corrected chi connectivity index (χ0v) is 20.2. The fourth-order valence-electron chi connectivity index (χ4n) is 4.19. The van der Waals surface area contributed by atoms with Gasteiger partial charge in [-0.25, -0.2) is 8.42 Å². The molecule has 0 bridgehead atoms. The molecule has 7 nitrogen and oxygen atoms in total. The van der Waals surface area contributed by atoms with Crippen LogP contribution in [0.5, 0.6) is 0 Å². The molecule has 2 aromatic carbocycles. The van der Waals surface area contributed by atoms with Crippen LogP contribution in [0.4, 0.5) is 5.69 Å². The van der Waals surface area contributed by atoms with Crippen molar-refractivity contribution in [1.82, 2.24) is 9.62 Å². The van der Waals surface area contributed by atoms with Crippen LogP contribution in [0.25, 0.3) is 0 Å². The molecule has 9 heteroatoms. The van der Waals surface area contributed by atoms with Crippen molar-refractivity contribution in [2.45, 2.75) is 37.1 Å². The van der Waals surface area contributed by atoms with Gasteiger partial charge < -0.3 is 15.0 Å². The Labute approximate surface area is 200 Å². The first-order valence-corrected chi connectivity index (χ1v) is 13.3. The van der Waals surface area contributed by atoms with Crippen molar-refractivity contribution in [2.24, 2.45) is 0 Å². The number of sulfonamides is 1. The normalized spacial score (nSPS) is 18.0. The molecule has 178 valence electrons. The van der Waals surface area contributed by atoms with Crippen LogP contribution in [0.3, 0.4) is 0 Å².